The molecule has 0 spiro atoms. The smallest absolute Gasteiger partial charge is 0.258 e. The van der Waals surface area contributed by atoms with E-state index in [2.05, 4.69) is 5.10 Å². The van der Waals surface area contributed by atoms with Crippen LogP contribution < -0.4 is 25.8 Å². The summed E-state index contributed by atoms with van der Waals surface area (Å²) >= 11 is 0. The summed E-state index contributed by atoms with van der Waals surface area (Å²) in [6.45, 7) is 8.61. The zero-order valence-electron chi connectivity index (χ0n) is 21.6. The first-order chi connectivity index (χ1) is 17.2. The molecule has 0 bridgehead atoms. The molecule has 2 rings (SSSR count). The van der Waals surface area contributed by atoms with E-state index >= 15 is 0 Å². The lowest BCUT2D eigenvalue weighted by atomic mass is 10.1. The number of primary amides is 1. The van der Waals surface area contributed by atoms with Crippen LogP contribution in [0.4, 0.5) is 0 Å². The molecule has 0 aliphatic heterocycles. The van der Waals surface area contributed by atoms with Crippen molar-refractivity contribution in [1.82, 2.24) is 4.90 Å². The second-order valence-corrected chi connectivity index (χ2v) is 8.92. The van der Waals surface area contributed by atoms with Gasteiger partial charge in [-0.05, 0) is 88.9 Å². The average molecular weight is 499 g/mol. The Balaban J connectivity index is 1.87. The van der Waals surface area contributed by atoms with E-state index in [4.69, 9.17) is 25.8 Å². The fourth-order valence-electron chi connectivity index (χ4n) is 3.74. The van der Waals surface area contributed by atoms with Crippen LogP contribution in [0.15, 0.2) is 47.6 Å². The van der Waals surface area contributed by atoms with E-state index in [1.54, 1.807) is 29.3 Å². The van der Waals surface area contributed by atoms with Crippen LogP contribution in [0.2, 0.25) is 0 Å². The molecule has 196 valence electrons. The molecule has 2 aromatic rings. The van der Waals surface area contributed by atoms with Gasteiger partial charge in [-0.25, -0.2) is 0 Å². The van der Waals surface area contributed by atoms with Crippen molar-refractivity contribution in [1.29, 1.82) is 0 Å². The third-order valence-electron chi connectivity index (χ3n) is 5.33. The summed E-state index contributed by atoms with van der Waals surface area (Å²) in [4.78, 5) is 26.2. The summed E-state index contributed by atoms with van der Waals surface area (Å²) in [5, 5.41) is 3.49. The number of hydrogen-bond donors (Lipinski definition) is 2. The highest BCUT2D eigenvalue weighted by Gasteiger charge is 2.25. The number of nitrogens with two attached hydrogens (primary N) is 2. The summed E-state index contributed by atoms with van der Waals surface area (Å²) in [7, 11) is 0. The molecule has 0 saturated carbocycles. The second kappa shape index (κ2) is 14.6. The Kier molecular flexibility index (Phi) is 11.6. The zero-order valence-corrected chi connectivity index (χ0v) is 21.6. The minimum Gasteiger partial charge on any atom is -0.494 e. The van der Waals surface area contributed by atoms with Crippen molar-refractivity contribution in [2.75, 3.05) is 19.8 Å². The van der Waals surface area contributed by atoms with Gasteiger partial charge in [0.2, 0.25) is 0 Å². The van der Waals surface area contributed by atoms with Crippen molar-refractivity contribution >= 4 is 18.0 Å². The average Bonchev–Trinajstić information content (AvgIpc) is 2.83. The third kappa shape index (κ3) is 9.13. The molecule has 36 heavy (non-hydrogen) atoms. The molecule has 0 unspecified atom stereocenters. The number of benzene rings is 2. The molecule has 2 amide bonds. The van der Waals surface area contributed by atoms with Crippen LogP contribution >= 0.6 is 0 Å². The molecule has 0 aromatic heterocycles. The largest absolute Gasteiger partial charge is 0.494 e. The summed E-state index contributed by atoms with van der Waals surface area (Å²) in [6, 6.07) is 12.6. The maximum atomic E-state index is 13.2. The molecule has 0 fully saturated rings. The van der Waals surface area contributed by atoms with Crippen LogP contribution in [0.1, 0.15) is 62.9 Å². The monoisotopic (exact) mass is 498 g/mol. The molecule has 0 aliphatic rings. The van der Waals surface area contributed by atoms with Gasteiger partial charge in [-0.3, -0.25) is 9.59 Å². The van der Waals surface area contributed by atoms with Crippen molar-refractivity contribution in [2.45, 2.75) is 59.0 Å². The first kappa shape index (κ1) is 28.5. The van der Waals surface area contributed by atoms with Gasteiger partial charge in [-0.15, -0.1) is 0 Å². The van der Waals surface area contributed by atoms with E-state index in [1.165, 1.54) is 0 Å². The molecule has 9 heteroatoms. The van der Waals surface area contributed by atoms with Crippen molar-refractivity contribution in [3.8, 4) is 17.2 Å². The van der Waals surface area contributed by atoms with Gasteiger partial charge in [-0.2, -0.15) is 5.10 Å². The number of carbonyl (C=O) groups excluding carboxylic acids is 2. The normalized spacial score (nSPS) is 11.2. The van der Waals surface area contributed by atoms with E-state index in [0.717, 1.165) is 30.6 Å². The molecular weight excluding hydrogens is 460 g/mol. The number of unbranched alkanes of at least 4 members (excludes halogenated alkanes) is 2. The molecule has 0 atom stereocenters. The first-order valence-electron chi connectivity index (χ1n) is 12.2. The minimum absolute atomic E-state index is 0.00590. The van der Waals surface area contributed by atoms with Crippen LogP contribution in [0.5, 0.6) is 17.2 Å². The standard InChI is InChI=1S/C27H38N4O5/c1-19(2)31(20(3)4)27(33)24-13-12-23(16-25(24)36-18-26(28)32)35-15-7-5-6-14-34-22-10-8-21(9-11-22)17-30-29/h8-13,16-17,19-20H,5-7,14-15,18,29H2,1-4H3,(H2,28,32). The molecule has 4 N–H and O–H groups in total. The van der Waals surface area contributed by atoms with Gasteiger partial charge in [0.1, 0.15) is 17.2 Å². The summed E-state index contributed by atoms with van der Waals surface area (Å²) < 4.78 is 17.2. The summed E-state index contributed by atoms with van der Waals surface area (Å²) in [5.74, 6) is 5.99. The number of carbonyl (C=O) groups is 2. The van der Waals surface area contributed by atoms with Gasteiger partial charge in [0.25, 0.3) is 11.8 Å². The van der Waals surface area contributed by atoms with E-state index in [9.17, 15) is 9.59 Å². The predicted molar refractivity (Wildman–Crippen MR) is 141 cm³/mol. The number of ether oxygens (including phenoxy) is 3. The fraction of sp³-hybridized carbons (Fsp3) is 0.444. The minimum atomic E-state index is -0.619. The van der Waals surface area contributed by atoms with Gasteiger partial charge in [0, 0.05) is 18.2 Å². The van der Waals surface area contributed by atoms with Crippen molar-refractivity contribution in [3.05, 3.63) is 53.6 Å². The zero-order chi connectivity index (χ0) is 26.5. The Morgan fingerprint density at radius 1 is 0.889 bits per heavy atom. The maximum absolute atomic E-state index is 13.2. The Bertz CT molecular complexity index is 998. The van der Waals surface area contributed by atoms with Crippen molar-refractivity contribution in [2.24, 2.45) is 16.7 Å². The lowest BCUT2D eigenvalue weighted by Crippen LogP contribution is -2.42. The maximum Gasteiger partial charge on any atom is 0.258 e. The molecule has 0 aliphatic carbocycles. The quantitative estimate of drug-likeness (QED) is 0.167. The van der Waals surface area contributed by atoms with Gasteiger partial charge in [-0.1, -0.05) is 0 Å². The van der Waals surface area contributed by atoms with Gasteiger partial charge < -0.3 is 30.7 Å². The Hall–Kier alpha value is -3.75. The van der Waals surface area contributed by atoms with E-state index in [1.807, 2.05) is 52.0 Å². The molecule has 2 aromatic carbocycles. The highest BCUT2D eigenvalue weighted by molar-refractivity contribution is 5.97. The van der Waals surface area contributed by atoms with Crippen LogP contribution in [-0.2, 0) is 4.79 Å². The van der Waals surface area contributed by atoms with E-state index in [-0.39, 0.29) is 30.3 Å². The SMILES string of the molecule is CC(C)N(C(=O)c1ccc(OCCCCCOc2ccc(C=NN)cc2)cc1OCC(N)=O)C(C)C. The number of hydrazone groups is 1. The van der Waals surface area contributed by atoms with E-state index < -0.39 is 5.91 Å². The van der Waals surface area contributed by atoms with Crippen LogP contribution in [0.25, 0.3) is 0 Å². The molecular formula is C27H38N4O5. The van der Waals surface area contributed by atoms with Gasteiger partial charge in [0.15, 0.2) is 6.61 Å². The van der Waals surface area contributed by atoms with Gasteiger partial charge in [0.05, 0.1) is 25.0 Å². The Morgan fingerprint density at radius 3 is 2.03 bits per heavy atom. The Morgan fingerprint density at radius 2 is 1.47 bits per heavy atom. The topological polar surface area (TPSA) is 129 Å². The third-order valence-corrected chi connectivity index (χ3v) is 5.33. The van der Waals surface area contributed by atoms with Crippen molar-refractivity contribution in [3.63, 3.8) is 0 Å². The lowest BCUT2D eigenvalue weighted by Gasteiger charge is -2.31. The van der Waals surface area contributed by atoms with Crippen LogP contribution in [0.3, 0.4) is 0 Å². The molecule has 9 nitrogen and oxygen atoms in total. The van der Waals surface area contributed by atoms with Crippen LogP contribution in [0, 0.1) is 0 Å². The van der Waals surface area contributed by atoms with Crippen molar-refractivity contribution < 1.29 is 23.8 Å². The number of nitrogens with zero attached hydrogens (tertiary/aromatic N) is 2. The summed E-state index contributed by atoms with van der Waals surface area (Å²) in [6.07, 6.45) is 4.23. The van der Waals surface area contributed by atoms with Crippen LogP contribution in [-0.4, -0.2) is 54.8 Å². The summed E-state index contributed by atoms with van der Waals surface area (Å²) in [5.41, 5.74) is 6.53. The van der Waals surface area contributed by atoms with Gasteiger partial charge >= 0.3 is 0 Å². The highest BCUT2D eigenvalue weighted by atomic mass is 16.5. The number of hydrogen-bond acceptors (Lipinski definition) is 7. The Labute approximate surface area is 213 Å². The fourth-order valence-corrected chi connectivity index (χ4v) is 3.74. The molecule has 0 saturated heterocycles. The number of rotatable bonds is 15. The molecule has 0 heterocycles. The second-order valence-electron chi connectivity index (χ2n) is 8.92. The number of amides is 2. The predicted octanol–water partition coefficient (Wildman–Crippen LogP) is 3.73. The molecule has 0 radical (unpaired) electrons. The highest BCUT2D eigenvalue weighted by Crippen LogP contribution is 2.28. The van der Waals surface area contributed by atoms with E-state index in [0.29, 0.717) is 24.5 Å². The lowest BCUT2D eigenvalue weighted by molar-refractivity contribution is -0.119. The first-order valence-corrected chi connectivity index (χ1v) is 12.2.